The van der Waals surface area contributed by atoms with E-state index in [4.69, 9.17) is 9.62 Å². The Hall–Kier alpha value is -2.49. The molecule has 0 aromatic heterocycles. The Labute approximate surface area is 105 Å². The summed E-state index contributed by atoms with van der Waals surface area (Å²) in [6, 6.07) is 16.7. The van der Waals surface area contributed by atoms with E-state index in [1.165, 1.54) is 0 Å². The van der Waals surface area contributed by atoms with E-state index >= 15 is 0 Å². The Morgan fingerprint density at radius 1 is 0.944 bits per heavy atom. The Bertz CT molecular complexity index is 496. The van der Waals surface area contributed by atoms with E-state index in [0.717, 1.165) is 5.56 Å². The van der Waals surface area contributed by atoms with Crippen LogP contribution in [0.15, 0.2) is 54.6 Å². The predicted molar refractivity (Wildman–Crippen MR) is 65.0 cm³/mol. The number of carbonyl (C=O) groups is 1. The topological polar surface area (TPSA) is 44.8 Å². The molecule has 0 N–H and O–H groups in total. The zero-order valence-electron chi connectivity index (χ0n) is 9.61. The zero-order chi connectivity index (χ0) is 12.6. The van der Waals surface area contributed by atoms with Gasteiger partial charge in [-0.05, 0) is 17.7 Å². The number of benzene rings is 2. The molecule has 0 amide bonds. The normalized spacial score (nSPS) is 9.56. The van der Waals surface area contributed by atoms with Crippen molar-refractivity contribution in [2.45, 2.75) is 6.61 Å². The number of ether oxygens (including phenoxy) is 1. The summed E-state index contributed by atoms with van der Waals surface area (Å²) in [5.41, 5.74) is 1.08. The summed E-state index contributed by atoms with van der Waals surface area (Å²) in [7, 11) is 0. The Morgan fingerprint density at radius 2 is 1.72 bits per heavy atom. The van der Waals surface area contributed by atoms with Gasteiger partial charge in [0.05, 0.1) is 0 Å². The van der Waals surface area contributed by atoms with Crippen molar-refractivity contribution in [2.75, 3.05) is 0 Å². The Morgan fingerprint density at radius 3 is 2.50 bits per heavy atom. The van der Waals surface area contributed by atoms with E-state index in [9.17, 15) is 4.79 Å². The van der Waals surface area contributed by atoms with Crippen LogP contribution in [0.2, 0.25) is 0 Å². The van der Waals surface area contributed by atoms with Gasteiger partial charge < -0.3 is 4.74 Å². The van der Waals surface area contributed by atoms with Crippen LogP contribution < -0.4 is 9.62 Å². The van der Waals surface area contributed by atoms with Crippen molar-refractivity contribution in [1.29, 1.82) is 0 Å². The molecule has 2 aromatic carbocycles. The first kappa shape index (κ1) is 12.0. The molecule has 2 aromatic rings. The van der Waals surface area contributed by atoms with Crippen LogP contribution in [-0.2, 0) is 16.3 Å². The average Bonchev–Trinajstić information content (AvgIpc) is 2.44. The van der Waals surface area contributed by atoms with E-state index in [1.54, 1.807) is 24.3 Å². The van der Waals surface area contributed by atoms with Gasteiger partial charge in [-0.3, -0.25) is 14.6 Å². The summed E-state index contributed by atoms with van der Waals surface area (Å²) in [5, 5.41) is 0. The molecule has 0 heterocycles. The summed E-state index contributed by atoms with van der Waals surface area (Å²) in [4.78, 5) is 18.9. The molecule has 0 unspecified atom stereocenters. The van der Waals surface area contributed by atoms with Crippen LogP contribution in [0.1, 0.15) is 5.56 Å². The van der Waals surface area contributed by atoms with Crippen LogP contribution in [0.4, 0.5) is 0 Å². The molecule has 0 saturated heterocycles. The highest BCUT2D eigenvalue weighted by Gasteiger charge is 1.99. The predicted octanol–water partition coefficient (Wildman–Crippen LogP) is 2.73. The lowest BCUT2D eigenvalue weighted by molar-refractivity contribution is -0.196. The van der Waals surface area contributed by atoms with Gasteiger partial charge in [-0.15, -0.1) is 0 Å². The maximum atomic E-state index is 10.00. The molecule has 0 radical (unpaired) electrons. The molecule has 0 fully saturated rings. The number of hydrogen-bond acceptors (Lipinski definition) is 4. The third-order valence-electron chi connectivity index (χ3n) is 2.24. The summed E-state index contributed by atoms with van der Waals surface area (Å²) in [5.74, 6) is 1.05. The molecular formula is C14H12O4. The van der Waals surface area contributed by atoms with Gasteiger partial charge in [0.15, 0.2) is 5.75 Å². The highest BCUT2D eigenvalue weighted by molar-refractivity contribution is 5.37. The van der Waals surface area contributed by atoms with Crippen molar-refractivity contribution < 1.29 is 19.3 Å². The van der Waals surface area contributed by atoms with E-state index in [1.807, 2.05) is 30.3 Å². The molecule has 0 aliphatic carbocycles. The lowest BCUT2D eigenvalue weighted by Gasteiger charge is -2.07. The second-order valence-electron chi connectivity index (χ2n) is 3.52. The maximum Gasteiger partial charge on any atom is 0.343 e. The third kappa shape index (κ3) is 3.52. The monoisotopic (exact) mass is 244 g/mol. The van der Waals surface area contributed by atoms with Gasteiger partial charge in [0.2, 0.25) is 0 Å². The highest BCUT2D eigenvalue weighted by atomic mass is 17.2. The van der Waals surface area contributed by atoms with Gasteiger partial charge in [0.25, 0.3) is 0 Å². The van der Waals surface area contributed by atoms with Crippen molar-refractivity contribution in [3.05, 3.63) is 60.2 Å². The van der Waals surface area contributed by atoms with Gasteiger partial charge in [0.1, 0.15) is 12.4 Å². The molecule has 0 bridgehead atoms. The van der Waals surface area contributed by atoms with Crippen molar-refractivity contribution in [3.8, 4) is 11.5 Å². The molecule has 4 heteroatoms. The number of carbonyl (C=O) groups excluding carboxylic acids is 1. The molecule has 0 aliphatic heterocycles. The number of hydrogen-bond donors (Lipinski definition) is 0. The van der Waals surface area contributed by atoms with Gasteiger partial charge in [-0.25, -0.2) is 0 Å². The van der Waals surface area contributed by atoms with Crippen molar-refractivity contribution in [3.63, 3.8) is 0 Å². The fourth-order valence-electron chi connectivity index (χ4n) is 1.43. The minimum absolute atomic E-state index is 0.220. The second kappa shape index (κ2) is 6.30. The van der Waals surface area contributed by atoms with Crippen molar-refractivity contribution in [2.24, 2.45) is 0 Å². The van der Waals surface area contributed by atoms with Crippen LogP contribution >= 0.6 is 0 Å². The van der Waals surface area contributed by atoms with Crippen molar-refractivity contribution in [1.82, 2.24) is 0 Å². The average molecular weight is 244 g/mol. The van der Waals surface area contributed by atoms with Crippen LogP contribution in [0.5, 0.6) is 11.5 Å². The van der Waals surface area contributed by atoms with E-state index in [-0.39, 0.29) is 6.47 Å². The first-order chi connectivity index (χ1) is 8.88. The standard InChI is InChI=1S/C14H12O4/c15-11-17-18-14-8-4-7-13(9-14)16-10-12-5-2-1-3-6-12/h1-9,11H,10H2. The molecule has 0 spiro atoms. The van der Waals surface area contributed by atoms with Crippen LogP contribution in [0.25, 0.3) is 0 Å². The lowest BCUT2D eigenvalue weighted by Crippen LogP contribution is -1.97. The van der Waals surface area contributed by atoms with Gasteiger partial charge in [-0.2, -0.15) is 0 Å². The molecule has 0 atom stereocenters. The SMILES string of the molecule is O=COOc1cccc(OCc2ccccc2)c1. The molecular weight excluding hydrogens is 232 g/mol. The summed E-state index contributed by atoms with van der Waals surface area (Å²) in [6.07, 6.45) is 0. The largest absolute Gasteiger partial charge is 0.489 e. The highest BCUT2D eigenvalue weighted by Crippen LogP contribution is 2.20. The van der Waals surface area contributed by atoms with Crippen LogP contribution in [0, 0.1) is 0 Å². The third-order valence-corrected chi connectivity index (χ3v) is 2.24. The van der Waals surface area contributed by atoms with Gasteiger partial charge in [-0.1, -0.05) is 36.4 Å². The summed E-state index contributed by atoms with van der Waals surface area (Å²) in [6.45, 7) is 0.691. The van der Waals surface area contributed by atoms with E-state index in [2.05, 4.69) is 4.89 Å². The van der Waals surface area contributed by atoms with Crippen molar-refractivity contribution >= 4 is 6.47 Å². The molecule has 18 heavy (non-hydrogen) atoms. The second-order valence-corrected chi connectivity index (χ2v) is 3.52. The van der Waals surface area contributed by atoms with Gasteiger partial charge in [0, 0.05) is 6.07 Å². The fraction of sp³-hybridized carbons (Fsp3) is 0.0714. The van der Waals surface area contributed by atoms with Crippen LogP contribution in [0.3, 0.4) is 0 Å². The maximum absolute atomic E-state index is 10.00. The molecule has 0 saturated carbocycles. The molecule has 0 aliphatic rings. The minimum Gasteiger partial charge on any atom is -0.489 e. The summed E-state index contributed by atoms with van der Waals surface area (Å²) >= 11 is 0. The smallest absolute Gasteiger partial charge is 0.343 e. The molecule has 4 nitrogen and oxygen atoms in total. The minimum atomic E-state index is 0.220. The first-order valence-corrected chi connectivity index (χ1v) is 5.42. The fourth-order valence-corrected chi connectivity index (χ4v) is 1.43. The first-order valence-electron chi connectivity index (χ1n) is 5.42. The quantitative estimate of drug-likeness (QED) is 0.445. The van der Waals surface area contributed by atoms with Gasteiger partial charge >= 0.3 is 6.47 Å². The Balaban J connectivity index is 1.95. The van der Waals surface area contributed by atoms with E-state index in [0.29, 0.717) is 18.1 Å². The number of rotatable bonds is 6. The lowest BCUT2D eigenvalue weighted by atomic mass is 10.2. The summed E-state index contributed by atoms with van der Waals surface area (Å²) < 4.78 is 5.59. The molecule has 2 rings (SSSR count). The van der Waals surface area contributed by atoms with Crippen LogP contribution in [-0.4, -0.2) is 6.47 Å². The Kier molecular flexibility index (Phi) is 4.19. The van der Waals surface area contributed by atoms with E-state index < -0.39 is 0 Å². The zero-order valence-corrected chi connectivity index (χ0v) is 9.61. The molecule has 92 valence electrons.